The minimum absolute atomic E-state index is 0. The standard InChI is InChI=1S/C12H16ClN3O2.ClH/c1-3-15-11(17)7(2)16-12(18)9-5-4-8(14)6-10(9)13;/h4-7H,3,14H2,1-2H3,(H,15,17)(H,16,18);1H. The predicted molar refractivity (Wildman–Crippen MR) is 78.7 cm³/mol. The lowest BCUT2D eigenvalue weighted by Gasteiger charge is -2.14. The zero-order valence-corrected chi connectivity index (χ0v) is 12.3. The molecule has 1 atom stereocenters. The molecule has 0 aromatic heterocycles. The van der Waals surface area contributed by atoms with Gasteiger partial charge in [0, 0.05) is 12.2 Å². The lowest BCUT2D eigenvalue weighted by Crippen LogP contribution is -2.44. The third-order valence-electron chi connectivity index (χ3n) is 2.33. The molecule has 0 heterocycles. The Hall–Kier alpha value is -1.46. The van der Waals surface area contributed by atoms with E-state index in [9.17, 15) is 9.59 Å². The van der Waals surface area contributed by atoms with E-state index in [1.165, 1.54) is 12.1 Å². The van der Waals surface area contributed by atoms with E-state index in [-0.39, 0.29) is 23.3 Å². The van der Waals surface area contributed by atoms with Crippen molar-refractivity contribution in [3.8, 4) is 0 Å². The van der Waals surface area contributed by atoms with E-state index in [2.05, 4.69) is 10.6 Å². The second-order valence-electron chi connectivity index (χ2n) is 3.83. The summed E-state index contributed by atoms with van der Waals surface area (Å²) in [5.74, 6) is -0.642. The number of carbonyl (C=O) groups excluding carboxylic acids is 2. The molecule has 2 amide bonds. The molecule has 1 rings (SSSR count). The fourth-order valence-corrected chi connectivity index (χ4v) is 1.66. The molecule has 0 bridgehead atoms. The van der Waals surface area contributed by atoms with Crippen LogP contribution in [0.5, 0.6) is 0 Å². The summed E-state index contributed by atoms with van der Waals surface area (Å²) < 4.78 is 0. The first-order valence-corrected chi connectivity index (χ1v) is 5.97. The van der Waals surface area contributed by atoms with Crippen molar-refractivity contribution in [2.24, 2.45) is 0 Å². The Kier molecular flexibility index (Phi) is 7.26. The number of nitrogens with one attached hydrogen (secondary N) is 2. The van der Waals surface area contributed by atoms with Crippen LogP contribution in [-0.4, -0.2) is 24.4 Å². The maximum Gasteiger partial charge on any atom is 0.253 e. The fourth-order valence-electron chi connectivity index (χ4n) is 1.38. The number of amides is 2. The number of hydrogen-bond acceptors (Lipinski definition) is 3. The lowest BCUT2D eigenvalue weighted by atomic mass is 10.2. The maximum absolute atomic E-state index is 11.9. The summed E-state index contributed by atoms with van der Waals surface area (Å²) in [6.45, 7) is 3.93. The fraction of sp³-hybridized carbons (Fsp3) is 0.333. The number of nitrogen functional groups attached to an aromatic ring is 1. The van der Waals surface area contributed by atoms with Crippen LogP contribution in [0.4, 0.5) is 5.69 Å². The summed E-state index contributed by atoms with van der Waals surface area (Å²) in [6, 6.07) is 3.98. The molecule has 0 aliphatic carbocycles. The lowest BCUT2D eigenvalue weighted by molar-refractivity contribution is -0.122. The van der Waals surface area contributed by atoms with Crippen molar-refractivity contribution in [1.29, 1.82) is 0 Å². The molecular formula is C12H17Cl2N3O2. The normalized spacial score (nSPS) is 11.1. The molecular weight excluding hydrogens is 289 g/mol. The SMILES string of the molecule is CCNC(=O)C(C)NC(=O)c1ccc(N)cc1Cl.Cl. The van der Waals surface area contributed by atoms with E-state index in [0.29, 0.717) is 17.8 Å². The summed E-state index contributed by atoms with van der Waals surface area (Å²) >= 11 is 5.91. The number of halogens is 2. The summed E-state index contributed by atoms with van der Waals surface area (Å²) in [5.41, 5.74) is 6.31. The third-order valence-corrected chi connectivity index (χ3v) is 2.64. The first-order valence-electron chi connectivity index (χ1n) is 5.59. The summed E-state index contributed by atoms with van der Waals surface area (Å²) in [4.78, 5) is 23.3. The van der Waals surface area contributed by atoms with Gasteiger partial charge in [-0.25, -0.2) is 0 Å². The molecule has 106 valence electrons. The smallest absolute Gasteiger partial charge is 0.253 e. The van der Waals surface area contributed by atoms with Crippen molar-refractivity contribution >= 4 is 41.5 Å². The van der Waals surface area contributed by atoms with Crippen molar-refractivity contribution in [3.63, 3.8) is 0 Å². The molecule has 0 saturated heterocycles. The van der Waals surface area contributed by atoms with Crippen molar-refractivity contribution in [2.75, 3.05) is 12.3 Å². The summed E-state index contributed by atoms with van der Waals surface area (Å²) in [5, 5.41) is 5.44. The third kappa shape index (κ3) is 4.96. The number of benzene rings is 1. The van der Waals surface area contributed by atoms with E-state index in [0.717, 1.165) is 0 Å². The molecule has 1 unspecified atom stereocenters. The van der Waals surface area contributed by atoms with Crippen LogP contribution in [0.25, 0.3) is 0 Å². The first kappa shape index (κ1) is 17.5. The van der Waals surface area contributed by atoms with Gasteiger partial charge in [-0.2, -0.15) is 0 Å². The van der Waals surface area contributed by atoms with Crippen LogP contribution < -0.4 is 16.4 Å². The number of rotatable bonds is 4. The Balaban J connectivity index is 0.00000324. The van der Waals surface area contributed by atoms with Crippen LogP contribution >= 0.6 is 24.0 Å². The molecule has 0 aliphatic heterocycles. The minimum atomic E-state index is -0.619. The topological polar surface area (TPSA) is 84.2 Å². The maximum atomic E-state index is 11.9. The van der Waals surface area contributed by atoms with E-state index < -0.39 is 11.9 Å². The zero-order chi connectivity index (χ0) is 13.7. The molecule has 19 heavy (non-hydrogen) atoms. The van der Waals surface area contributed by atoms with Crippen LogP contribution in [0.1, 0.15) is 24.2 Å². The molecule has 0 fully saturated rings. The first-order chi connectivity index (χ1) is 8.45. The van der Waals surface area contributed by atoms with Gasteiger partial charge in [0.05, 0.1) is 10.6 Å². The average molecular weight is 306 g/mol. The highest BCUT2D eigenvalue weighted by Gasteiger charge is 2.17. The monoisotopic (exact) mass is 305 g/mol. The van der Waals surface area contributed by atoms with Crippen LogP contribution in [0, 0.1) is 0 Å². The second kappa shape index (κ2) is 7.86. The second-order valence-corrected chi connectivity index (χ2v) is 4.24. The highest BCUT2D eigenvalue weighted by atomic mass is 35.5. The van der Waals surface area contributed by atoms with Gasteiger partial charge in [-0.3, -0.25) is 9.59 Å². The van der Waals surface area contributed by atoms with Crippen molar-refractivity contribution < 1.29 is 9.59 Å². The molecule has 4 N–H and O–H groups in total. The van der Waals surface area contributed by atoms with Gasteiger partial charge in [0.1, 0.15) is 6.04 Å². The molecule has 0 saturated carbocycles. The Morgan fingerprint density at radius 3 is 2.58 bits per heavy atom. The van der Waals surface area contributed by atoms with Gasteiger partial charge in [-0.1, -0.05) is 11.6 Å². The van der Waals surface area contributed by atoms with Gasteiger partial charge >= 0.3 is 0 Å². The summed E-state index contributed by atoms with van der Waals surface area (Å²) in [6.07, 6.45) is 0. The van der Waals surface area contributed by atoms with E-state index in [1.54, 1.807) is 13.0 Å². The molecule has 0 radical (unpaired) electrons. The van der Waals surface area contributed by atoms with Gasteiger partial charge in [0.2, 0.25) is 5.91 Å². The molecule has 1 aromatic carbocycles. The van der Waals surface area contributed by atoms with E-state index >= 15 is 0 Å². The Morgan fingerprint density at radius 1 is 1.42 bits per heavy atom. The van der Waals surface area contributed by atoms with E-state index in [1.807, 2.05) is 6.92 Å². The minimum Gasteiger partial charge on any atom is -0.399 e. The van der Waals surface area contributed by atoms with Gasteiger partial charge in [0.25, 0.3) is 5.91 Å². The van der Waals surface area contributed by atoms with Gasteiger partial charge in [-0.15, -0.1) is 12.4 Å². The quantitative estimate of drug-likeness (QED) is 0.739. The van der Waals surface area contributed by atoms with Gasteiger partial charge in [-0.05, 0) is 32.0 Å². The largest absolute Gasteiger partial charge is 0.399 e. The predicted octanol–water partition coefficient (Wildman–Crippen LogP) is 1.60. The number of nitrogens with two attached hydrogens (primary N) is 1. The molecule has 1 aromatic rings. The summed E-state index contributed by atoms with van der Waals surface area (Å²) in [7, 11) is 0. The van der Waals surface area contributed by atoms with Gasteiger partial charge < -0.3 is 16.4 Å². The number of hydrogen-bond donors (Lipinski definition) is 3. The van der Waals surface area contributed by atoms with Crippen molar-refractivity contribution in [2.45, 2.75) is 19.9 Å². The van der Waals surface area contributed by atoms with Crippen LogP contribution in [0.2, 0.25) is 5.02 Å². The molecule has 0 aliphatic rings. The average Bonchev–Trinajstić information content (AvgIpc) is 2.28. The zero-order valence-electron chi connectivity index (χ0n) is 10.7. The van der Waals surface area contributed by atoms with Gasteiger partial charge in [0.15, 0.2) is 0 Å². The van der Waals surface area contributed by atoms with Crippen molar-refractivity contribution in [1.82, 2.24) is 10.6 Å². The molecule has 0 spiro atoms. The Bertz CT molecular complexity index is 466. The van der Waals surface area contributed by atoms with Crippen LogP contribution in [0.3, 0.4) is 0 Å². The van der Waals surface area contributed by atoms with E-state index in [4.69, 9.17) is 17.3 Å². The number of anilines is 1. The van der Waals surface area contributed by atoms with Crippen LogP contribution in [-0.2, 0) is 4.79 Å². The van der Waals surface area contributed by atoms with Crippen molar-refractivity contribution in [3.05, 3.63) is 28.8 Å². The number of carbonyl (C=O) groups is 2. The highest BCUT2D eigenvalue weighted by Crippen LogP contribution is 2.19. The Labute approximate surface area is 123 Å². The number of likely N-dealkylation sites (N-methyl/N-ethyl adjacent to an activating group) is 1. The van der Waals surface area contributed by atoms with Crippen LogP contribution in [0.15, 0.2) is 18.2 Å². The molecule has 7 heteroatoms. The highest BCUT2D eigenvalue weighted by molar-refractivity contribution is 6.34. The Morgan fingerprint density at radius 2 is 2.05 bits per heavy atom. The molecule has 5 nitrogen and oxygen atoms in total.